The van der Waals surface area contributed by atoms with Crippen LogP contribution in [-0.2, 0) is 19.4 Å². The first kappa shape index (κ1) is 23.1. The van der Waals surface area contributed by atoms with Crippen molar-refractivity contribution in [2.24, 2.45) is 11.3 Å². The van der Waals surface area contributed by atoms with Crippen LogP contribution in [0, 0.1) is 18.3 Å². The molecule has 5 rings (SSSR count). The predicted octanol–water partition coefficient (Wildman–Crippen LogP) is 5.18. The lowest BCUT2D eigenvalue weighted by Crippen LogP contribution is -2.52. The van der Waals surface area contributed by atoms with Gasteiger partial charge in [0.15, 0.2) is 0 Å². The number of urea groups is 1. The largest absolute Gasteiger partial charge is 0.352 e. The molecule has 1 unspecified atom stereocenters. The first-order chi connectivity index (χ1) is 16.3. The van der Waals surface area contributed by atoms with Crippen LogP contribution in [0.25, 0.3) is 10.2 Å². The smallest absolute Gasteiger partial charge is 0.317 e. The van der Waals surface area contributed by atoms with Gasteiger partial charge in [-0.05, 0) is 48.6 Å². The zero-order chi connectivity index (χ0) is 23.9. The third kappa shape index (κ3) is 4.63. The Morgan fingerprint density at radius 2 is 1.85 bits per heavy atom. The van der Waals surface area contributed by atoms with Crippen molar-refractivity contribution in [3.05, 3.63) is 52.2 Å². The molecule has 1 aliphatic carbocycles. The van der Waals surface area contributed by atoms with Crippen LogP contribution in [0.3, 0.4) is 0 Å². The fraction of sp³-hybridized carbons (Fsp3) is 0.519. The summed E-state index contributed by atoms with van der Waals surface area (Å²) < 4.78 is 0. The zero-order valence-corrected chi connectivity index (χ0v) is 21.5. The van der Waals surface area contributed by atoms with Crippen molar-refractivity contribution in [2.75, 3.05) is 31.1 Å². The van der Waals surface area contributed by atoms with Crippen LogP contribution in [0.4, 0.5) is 10.6 Å². The van der Waals surface area contributed by atoms with E-state index < -0.39 is 0 Å². The van der Waals surface area contributed by atoms with Gasteiger partial charge < -0.3 is 15.1 Å². The minimum atomic E-state index is 0.00801. The molecule has 1 saturated heterocycles. The van der Waals surface area contributed by atoms with Crippen molar-refractivity contribution in [2.45, 2.75) is 53.5 Å². The Morgan fingerprint density at radius 1 is 1.12 bits per heavy atom. The molecule has 0 bridgehead atoms. The highest BCUT2D eigenvalue weighted by molar-refractivity contribution is 7.19. The lowest BCUT2D eigenvalue weighted by Gasteiger charge is -2.36. The first-order valence-electron chi connectivity index (χ1n) is 12.4. The summed E-state index contributed by atoms with van der Waals surface area (Å²) in [5.74, 6) is 2.61. The standard InChI is InChI=1S/C27H35N5OS/c1-18-29-24(23-21-11-10-20(27(2,3)4)16-22(21)34-25(23)30-18)31-12-14-32(15-13-31)26(33)28-17-19-8-6-5-7-9-19/h5-9,20H,10-17H2,1-4H3,(H,28,33). The van der Waals surface area contributed by atoms with E-state index in [0.29, 0.717) is 31.0 Å². The normalized spacial score (nSPS) is 18.8. The third-order valence-corrected chi connectivity index (χ3v) is 8.53. The summed E-state index contributed by atoms with van der Waals surface area (Å²) in [6, 6.07) is 10.1. The molecule has 1 atom stereocenters. The monoisotopic (exact) mass is 477 g/mol. The Labute approximate surface area is 206 Å². The maximum atomic E-state index is 12.7. The van der Waals surface area contributed by atoms with Crippen LogP contribution in [-0.4, -0.2) is 47.1 Å². The van der Waals surface area contributed by atoms with E-state index in [4.69, 9.17) is 9.97 Å². The second kappa shape index (κ2) is 9.17. The summed E-state index contributed by atoms with van der Waals surface area (Å²) in [4.78, 5) is 29.4. The van der Waals surface area contributed by atoms with Crippen molar-refractivity contribution < 1.29 is 4.79 Å². The topological polar surface area (TPSA) is 61.4 Å². The molecule has 1 fully saturated rings. The number of carbonyl (C=O) groups excluding carboxylic acids is 1. The van der Waals surface area contributed by atoms with Gasteiger partial charge in [-0.15, -0.1) is 11.3 Å². The molecule has 1 aromatic carbocycles. The second-order valence-corrected chi connectivity index (χ2v) is 11.8. The molecule has 0 saturated carbocycles. The molecule has 1 aliphatic heterocycles. The summed E-state index contributed by atoms with van der Waals surface area (Å²) in [6.45, 7) is 12.6. The minimum Gasteiger partial charge on any atom is -0.352 e. The quantitative estimate of drug-likeness (QED) is 0.564. The SMILES string of the molecule is Cc1nc(N2CCN(C(=O)NCc3ccccc3)CC2)c2c3c(sc2n1)CC(C(C)(C)C)CC3. The Morgan fingerprint density at radius 3 is 2.56 bits per heavy atom. The molecule has 7 heteroatoms. The van der Waals surface area contributed by atoms with Crippen molar-refractivity contribution in [3.8, 4) is 0 Å². The van der Waals surface area contributed by atoms with Gasteiger partial charge in [0.1, 0.15) is 16.5 Å². The van der Waals surface area contributed by atoms with Crippen molar-refractivity contribution in [1.82, 2.24) is 20.2 Å². The summed E-state index contributed by atoms with van der Waals surface area (Å²) in [5.41, 5.74) is 2.91. The highest BCUT2D eigenvalue weighted by Crippen LogP contribution is 2.45. The molecule has 34 heavy (non-hydrogen) atoms. The van der Waals surface area contributed by atoms with Crippen LogP contribution >= 0.6 is 11.3 Å². The Bertz CT molecular complexity index is 1180. The van der Waals surface area contributed by atoms with E-state index in [1.54, 1.807) is 0 Å². The molecule has 2 amide bonds. The Balaban J connectivity index is 1.31. The lowest BCUT2D eigenvalue weighted by molar-refractivity contribution is 0.194. The van der Waals surface area contributed by atoms with Gasteiger partial charge in [-0.1, -0.05) is 51.1 Å². The molecule has 3 aromatic rings. The number of nitrogens with zero attached hydrogens (tertiary/aromatic N) is 4. The molecule has 6 nitrogen and oxygen atoms in total. The second-order valence-electron chi connectivity index (χ2n) is 10.7. The summed E-state index contributed by atoms with van der Waals surface area (Å²) >= 11 is 1.87. The van der Waals surface area contributed by atoms with Gasteiger partial charge in [0, 0.05) is 37.6 Å². The van der Waals surface area contributed by atoms with Gasteiger partial charge in [-0.3, -0.25) is 0 Å². The number of benzene rings is 1. The molecule has 0 spiro atoms. The number of thiophene rings is 1. The van der Waals surface area contributed by atoms with Gasteiger partial charge in [-0.25, -0.2) is 14.8 Å². The highest BCUT2D eigenvalue weighted by atomic mass is 32.1. The van der Waals surface area contributed by atoms with Gasteiger partial charge in [0.25, 0.3) is 0 Å². The van der Waals surface area contributed by atoms with E-state index in [1.165, 1.54) is 22.2 Å². The maximum absolute atomic E-state index is 12.7. The molecule has 180 valence electrons. The number of hydrogen-bond donors (Lipinski definition) is 1. The first-order valence-corrected chi connectivity index (χ1v) is 13.2. The molecule has 2 aliphatic rings. The number of rotatable bonds is 3. The van der Waals surface area contributed by atoms with Crippen LogP contribution in [0.15, 0.2) is 30.3 Å². The minimum absolute atomic E-state index is 0.00801. The number of piperazine rings is 1. The maximum Gasteiger partial charge on any atom is 0.317 e. The van der Waals surface area contributed by atoms with E-state index >= 15 is 0 Å². The number of amides is 2. The number of carbonyl (C=O) groups is 1. The van der Waals surface area contributed by atoms with Gasteiger partial charge in [-0.2, -0.15) is 0 Å². The van der Waals surface area contributed by atoms with Gasteiger partial charge >= 0.3 is 6.03 Å². The van der Waals surface area contributed by atoms with E-state index in [1.807, 2.05) is 53.5 Å². The number of fused-ring (bicyclic) bond motifs is 3. The number of aromatic nitrogens is 2. The van der Waals surface area contributed by atoms with Crippen LogP contribution < -0.4 is 10.2 Å². The van der Waals surface area contributed by atoms with E-state index in [2.05, 4.69) is 31.0 Å². The van der Waals surface area contributed by atoms with Crippen molar-refractivity contribution in [1.29, 1.82) is 0 Å². The average molecular weight is 478 g/mol. The Kier molecular flexibility index (Phi) is 6.23. The van der Waals surface area contributed by atoms with Gasteiger partial charge in [0.2, 0.25) is 0 Å². The molecular weight excluding hydrogens is 442 g/mol. The molecule has 3 heterocycles. The number of hydrogen-bond acceptors (Lipinski definition) is 5. The Hall–Kier alpha value is -2.67. The van der Waals surface area contributed by atoms with E-state index in [0.717, 1.165) is 48.0 Å². The summed E-state index contributed by atoms with van der Waals surface area (Å²) in [6.07, 6.45) is 3.48. The van der Waals surface area contributed by atoms with Crippen LogP contribution in [0.5, 0.6) is 0 Å². The van der Waals surface area contributed by atoms with Crippen LogP contribution in [0.1, 0.15) is 49.0 Å². The van der Waals surface area contributed by atoms with Crippen molar-refractivity contribution in [3.63, 3.8) is 0 Å². The average Bonchev–Trinajstić information content (AvgIpc) is 3.19. The summed E-state index contributed by atoms with van der Waals surface area (Å²) in [5, 5.41) is 4.32. The number of aryl methyl sites for hydroxylation is 2. The predicted molar refractivity (Wildman–Crippen MR) is 140 cm³/mol. The number of anilines is 1. The van der Waals surface area contributed by atoms with E-state index in [-0.39, 0.29) is 6.03 Å². The molecule has 0 radical (unpaired) electrons. The third-order valence-electron chi connectivity index (χ3n) is 7.38. The van der Waals surface area contributed by atoms with Crippen LogP contribution in [0.2, 0.25) is 0 Å². The lowest BCUT2D eigenvalue weighted by atomic mass is 9.72. The fourth-order valence-electron chi connectivity index (χ4n) is 5.24. The zero-order valence-electron chi connectivity index (χ0n) is 20.7. The summed E-state index contributed by atoms with van der Waals surface area (Å²) in [7, 11) is 0. The molecule has 1 N–H and O–H groups in total. The highest BCUT2D eigenvalue weighted by Gasteiger charge is 2.33. The van der Waals surface area contributed by atoms with E-state index in [9.17, 15) is 4.79 Å². The number of nitrogens with one attached hydrogen (secondary N) is 1. The van der Waals surface area contributed by atoms with Gasteiger partial charge in [0.05, 0.1) is 5.39 Å². The molecular formula is C27H35N5OS. The van der Waals surface area contributed by atoms with Crippen molar-refractivity contribution >= 4 is 33.4 Å². The molecule has 2 aromatic heterocycles. The fourth-order valence-corrected chi connectivity index (χ4v) is 6.58.